The topological polar surface area (TPSA) is 103 Å². The van der Waals surface area contributed by atoms with Crippen LogP contribution in [0.2, 0.25) is 0 Å². The van der Waals surface area contributed by atoms with Crippen LogP contribution in [0.4, 0.5) is 0 Å². The Kier molecular flexibility index (Phi) is 4.85. The minimum Gasteiger partial charge on any atom is -0.724 e. The summed E-state index contributed by atoms with van der Waals surface area (Å²) in [7, 11) is 0. The largest absolute Gasteiger partial charge is 0.724 e. The molecule has 88 valence electrons. The molecule has 2 N–H and O–H groups in total. The van der Waals surface area contributed by atoms with Crippen molar-refractivity contribution in [3.8, 4) is 0 Å². The van der Waals surface area contributed by atoms with E-state index in [1.165, 1.54) is 5.01 Å². The van der Waals surface area contributed by atoms with Gasteiger partial charge in [-0.1, -0.05) is 0 Å². The van der Waals surface area contributed by atoms with E-state index in [1.807, 2.05) is 4.90 Å². The quantitative estimate of drug-likeness (QED) is 0.422. The van der Waals surface area contributed by atoms with Gasteiger partial charge >= 0.3 is 0 Å². The van der Waals surface area contributed by atoms with Gasteiger partial charge in [-0.25, -0.2) is 5.01 Å². The van der Waals surface area contributed by atoms with Crippen LogP contribution in [0.15, 0.2) is 5.29 Å². The van der Waals surface area contributed by atoms with Gasteiger partial charge in [0.15, 0.2) is 0 Å². The molecule has 1 fully saturated rings. The summed E-state index contributed by atoms with van der Waals surface area (Å²) in [6.45, 7) is 2.01. The Morgan fingerprint density at radius 2 is 2.00 bits per heavy atom. The van der Waals surface area contributed by atoms with Crippen LogP contribution in [-0.2, 0) is 0 Å². The van der Waals surface area contributed by atoms with Crippen molar-refractivity contribution in [2.45, 2.75) is 6.10 Å². The summed E-state index contributed by atoms with van der Waals surface area (Å²) in [6, 6.07) is 0. The molecule has 1 saturated heterocycles. The highest BCUT2D eigenvalue weighted by Crippen LogP contribution is 2.05. The summed E-state index contributed by atoms with van der Waals surface area (Å²) in [6.07, 6.45) is -0.760. The van der Waals surface area contributed by atoms with E-state index in [1.54, 1.807) is 0 Å². The summed E-state index contributed by atoms with van der Waals surface area (Å²) in [5, 5.41) is 32.2. The maximum absolute atomic E-state index is 10.8. The van der Waals surface area contributed by atoms with Gasteiger partial charge in [0.05, 0.1) is 18.0 Å². The third kappa shape index (κ3) is 3.68. The Morgan fingerprint density at radius 1 is 1.40 bits per heavy atom. The van der Waals surface area contributed by atoms with Gasteiger partial charge in [0.1, 0.15) is 0 Å². The van der Waals surface area contributed by atoms with Crippen molar-refractivity contribution in [1.29, 1.82) is 0 Å². The molecule has 1 unspecified atom stereocenters. The first kappa shape index (κ1) is 12.3. The highest BCUT2D eigenvalue weighted by atomic mass is 16.6. The third-order valence-electron chi connectivity index (χ3n) is 2.34. The number of nitroso groups, excluding NO2 is 1. The van der Waals surface area contributed by atoms with Crippen molar-refractivity contribution >= 4 is 0 Å². The molecule has 0 aliphatic carbocycles. The van der Waals surface area contributed by atoms with Crippen LogP contribution < -0.4 is 0 Å². The number of β-amino-alcohol motifs (C(OH)–C–C–N with tert-alkyl or cyclic N) is 1. The van der Waals surface area contributed by atoms with Crippen LogP contribution in [0.3, 0.4) is 0 Å². The van der Waals surface area contributed by atoms with Gasteiger partial charge in [-0.15, -0.1) is 4.91 Å². The maximum atomic E-state index is 10.8. The van der Waals surface area contributed by atoms with Crippen LogP contribution in [-0.4, -0.2) is 70.8 Å². The maximum Gasteiger partial charge on any atom is 0.0897 e. The summed E-state index contributed by atoms with van der Waals surface area (Å²) in [4.78, 5) is 11.9. The van der Waals surface area contributed by atoms with Crippen molar-refractivity contribution in [2.75, 3.05) is 39.3 Å². The molecule has 0 spiro atoms. The van der Waals surface area contributed by atoms with E-state index >= 15 is 0 Å². The summed E-state index contributed by atoms with van der Waals surface area (Å²) in [5.41, 5.74) is 0. The number of piperazine rings is 1. The zero-order valence-corrected chi connectivity index (χ0v) is 8.32. The van der Waals surface area contributed by atoms with Crippen molar-refractivity contribution in [3.63, 3.8) is 0 Å². The van der Waals surface area contributed by atoms with Gasteiger partial charge in [0.2, 0.25) is 0 Å². The lowest BCUT2D eigenvalue weighted by Crippen LogP contribution is -2.52. The molecule has 8 heteroatoms. The lowest BCUT2D eigenvalue weighted by atomic mass is 10.3. The molecule has 0 saturated carbocycles. The Bertz CT molecular complexity index is 197. The minimum absolute atomic E-state index is 0.0415. The van der Waals surface area contributed by atoms with E-state index in [-0.39, 0.29) is 11.9 Å². The fraction of sp³-hybridized carbons (Fsp3) is 1.00. The zero-order chi connectivity index (χ0) is 11.3. The summed E-state index contributed by atoms with van der Waals surface area (Å²) in [5.74, 6) is 0. The number of aliphatic hydroxyl groups is 2. The zero-order valence-electron chi connectivity index (χ0n) is 8.32. The van der Waals surface area contributed by atoms with Crippen molar-refractivity contribution in [1.82, 2.24) is 15.2 Å². The van der Waals surface area contributed by atoms with Crippen LogP contribution in [0.1, 0.15) is 0 Å². The molecule has 0 bridgehead atoms. The van der Waals surface area contributed by atoms with Crippen LogP contribution in [0, 0.1) is 10.1 Å². The first-order chi connectivity index (χ1) is 7.17. The molecule has 1 aliphatic rings. The Balaban J connectivity index is 2.26. The van der Waals surface area contributed by atoms with E-state index in [0.29, 0.717) is 32.7 Å². The van der Waals surface area contributed by atoms with E-state index < -0.39 is 6.10 Å². The van der Waals surface area contributed by atoms with Gasteiger partial charge < -0.3 is 15.4 Å². The highest BCUT2D eigenvalue weighted by molar-refractivity contribution is 4.72. The molecule has 0 amide bonds. The Labute approximate surface area is 87.2 Å². The van der Waals surface area contributed by atoms with Crippen LogP contribution >= 0.6 is 0 Å². The highest BCUT2D eigenvalue weighted by Gasteiger charge is 2.19. The molecule has 0 aromatic rings. The molecule has 1 aliphatic heterocycles. The average molecular weight is 219 g/mol. The number of nitrogens with zero attached hydrogens (tertiary/aromatic N) is 4. The molecule has 8 nitrogen and oxygen atoms in total. The molecular formula is C7H15N4O4-. The molecule has 0 aromatic carbocycles. The molecule has 15 heavy (non-hydrogen) atoms. The second-order valence-electron chi connectivity index (χ2n) is 3.43. The minimum atomic E-state index is -0.760. The van der Waals surface area contributed by atoms with Gasteiger partial charge in [-0.2, -0.15) is 0 Å². The van der Waals surface area contributed by atoms with Crippen molar-refractivity contribution in [3.05, 3.63) is 10.1 Å². The van der Waals surface area contributed by atoms with Crippen molar-refractivity contribution < 1.29 is 10.2 Å². The van der Waals surface area contributed by atoms with Crippen molar-refractivity contribution in [2.24, 2.45) is 5.29 Å². The van der Waals surface area contributed by atoms with Crippen LogP contribution in [0.25, 0.3) is 0 Å². The predicted molar refractivity (Wildman–Crippen MR) is 52.1 cm³/mol. The third-order valence-corrected chi connectivity index (χ3v) is 2.34. The number of hydrazine groups is 1. The van der Waals surface area contributed by atoms with Gasteiger partial charge in [-0.3, -0.25) is 10.2 Å². The van der Waals surface area contributed by atoms with E-state index in [9.17, 15) is 15.2 Å². The summed E-state index contributed by atoms with van der Waals surface area (Å²) < 4.78 is 0. The fourth-order valence-electron chi connectivity index (χ4n) is 1.50. The standard InChI is InChI=1S/C7H15N4O4/c12-6-7(13)5-9-1-3-10(4-2-9)11(15)8-14/h7,12-13H,1-6H2/q-1. The predicted octanol–water partition coefficient (Wildman–Crippen LogP) is -1.65. The van der Waals surface area contributed by atoms with Crippen LogP contribution in [0.5, 0.6) is 0 Å². The molecule has 1 rings (SSSR count). The Morgan fingerprint density at radius 3 is 2.47 bits per heavy atom. The second kappa shape index (κ2) is 5.93. The molecule has 0 aromatic heterocycles. The van der Waals surface area contributed by atoms with Gasteiger partial charge in [-0.05, 0) is 0 Å². The molecular weight excluding hydrogens is 204 g/mol. The molecule has 0 radical (unpaired) electrons. The number of hydrogen-bond donors (Lipinski definition) is 2. The Hall–Kier alpha value is -0.800. The number of rotatable bonds is 5. The lowest BCUT2D eigenvalue weighted by molar-refractivity contribution is -0.0336. The molecule has 1 heterocycles. The first-order valence-electron chi connectivity index (χ1n) is 4.74. The fourth-order valence-corrected chi connectivity index (χ4v) is 1.50. The average Bonchev–Trinajstić information content (AvgIpc) is 2.29. The van der Waals surface area contributed by atoms with E-state index in [4.69, 9.17) is 5.11 Å². The monoisotopic (exact) mass is 219 g/mol. The smallest absolute Gasteiger partial charge is 0.0897 e. The first-order valence-corrected chi connectivity index (χ1v) is 4.74. The second-order valence-corrected chi connectivity index (χ2v) is 3.43. The summed E-state index contributed by atoms with van der Waals surface area (Å²) >= 11 is 0. The lowest BCUT2D eigenvalue weighted by Gasteiger charge is -2.40. The van der Waals surface area contributed by atoms with Gasteiger partial charge in [0.25, 0.3) is 0 Å². The van der Waals surface area contributed by atoms with E-state index in [0.717, 1.165) is 0 Å². The number of aliphatic hydroxyl groups excluding tert-OH is 2. The SMILES string of the molecule is O=NN([O-])N1CCN(CC(O)CO)CC1. The normalized spacial score (nSPS) is 21.3. The molecule has 1 atom stereocenters. The number of hydrogen-bond acceptors (Lipinski definition) is 7. The van der Waals surface area contributed by atoms with Gasteiger partial charge in [0, 0.05) is 32.7 Å². The van der Waals surface area contributed by atoms with E-state index in [2.05, 4.69) is 5.29 Å².